The maximum Gasteiger partial charge on any atom is 0.416 e. The first-order chi connectivity index (χ1) is 20.1. The molecule has 1 aliphatic rings. The topological polar surface area (TPSA) is 98.8 Å². The van der Waals surface area contributed by atoms with Gasteiger partial charge in [0.05, 0.1) is 29.6 Å². The first-order valence-corrected chi connectivity index (χ1v) is 15.7. The van der Waals surface area contributed by atoms with E-state index in [0.29, 0.717) is 22.2 Å². The fourth-order valence-electron chi connectivity index (χ4n) is 5.02. The van der Waals surface area contributed by atoms with Crippen LogP contribution in [0.5, 0.6) is 0 Å². The molecule has 3 aromatic rings. The number of carbonyl (C=O) groups excluding carboxylic acids is 2. The predicted octanol–water partition coefficient (Wildman–Crippen LogP) is 5.12. The van der Waals surface area contributed by atoms with E-state index in [1.807, 2.05) is 29.2 Å². The molecule has 0 radical (unpaired) electrons. The van der Waals surface area contributed by atoms with Gasteiger partial charge in [0.2, 0.25) is 15.9 Å². The van der Waals surface area contributed by atoms with E-state index in [4.69, 9.17) is 23.2 Å². The molecule has 2 N–H and O–H groups in total. The quantitative estimate of drug-likeness (QED) is 0.333. The number of nitrogens with zero attached hydrogens (tertiary/aromatic N) is 2. The first-order valence-electron chi connectivity index (χ1n) is 13.1. The van der Waals surface area contributed by atoms with E-state index in [9.17, 15) is 31.2 Å². The van der Waals surface area contributed by atoms with Crippen LogP contribution in [0.15, 0.2) is 66.7 Å². The normalized spacial score (nSPS) is 15.1. The molecule has 2 amide bonds. The number of hydrogen-bond donors (Lipinski definition) is 2. The smallest absolute Gasteiger partial charge is 0.357 e. The molecule has 43 heavy (non-hydrogen) atoms. The van der Waals surface area contributed by atoms with Gasteiger partial charge in [0.1, 0.15) is 6.04 Å². The Hall–Kier alpha value is -3.32. The van der Waals surface area contributed by atoms with Crippen molar-refractivity contribution in [2.24, 2.45) is 0 Å². The van der Waals surface area contributed by atoms with E-state index >= 15 is 0 Å². The van der Waals surface area contributed by atoms with Gasteiger partial charge >= 0.3 is 6.18 Å². The number of rotatable bonds is 9. The average Bonchev–Trinajstić information content (AvgIpc) is 2.91. The Morgan fingerprint density at radius 1 is 0.953 bits per heavy atom. The molecule has 8 nitrogen and oxygen atoms in total. The second-order valence-electron chi connectivity index (χ2n) is 10.2. The van der Waals surface area contributed by atoms with E-state index in [2.05, 4.69) is 10.6 Å². The maximum absolute atomic E-state index is 13.9. The molecule has 14 heteroatoms. The third-order valence-electron chi connectivity index (χ3n) is 7.07. The van der Waals surface area contributed by atoms with Gasteiger partial charge in [-0.15, -0.1) is 0 Å². The standard InChI is InChI=1S/C29H29Cl2F3N4O4S/c1-17(27(39)35-2)36-28(40)20-12-21(29(32,33)34)14-24(13-20)38(43(3,41)42)25-15-37(16-25)26(18-4-8-22(30)9-5-18)19-6-10-23(31)11-7-19/h4-14,17,25-26H,15-16H2,1-3H3,(H,35,39)(H,36,40)/t17-/m0/s1. The Bertz CT molecular complexity index is 1550. The van der Waals surface area contributed by atoms with Crippen molar-refractivity contribution in [2.45, 2.75) is 31.2 Å². The zero-order valence-electron chi connectivity index (χ0n) is 23.3. The van der Waals surface area contributed by atoms with Crippen LogP contribution in [-0.4, -0.2) is 63.6 Å². The maximum atomic E-state index is 13.9. The molecule has 3 aromatic carbocycles. The van der Waals surface area contributed by atoms with Crippen molar-refractivity contribution in [1.82, 2.24) is 15.5 Å². The summed E-state index contributed by atoms with van der Waals surface area (Å²) in [5.41, 5.74) is -0.202. The molecule has 1 fully saturated rings. The van der Waals surface area contributed by atoms with Gasteiger partial charge in [0.25, 0.3) is 5.91 Å². The van der Waals surface area contributed by atoms with E-state index in [1.165, 1.54) is 14.0 Å². The Morgan fingerprint density at radius 2 is 1.47 bits per heavy atom. The van der Waals surface area contributed by atoms with E-state index in [-0.39, 0.29) is 24.8 Å². The predicted molar refractivity (Wildman–Crippen MR) is 160 cm³/mol. The van der Waals surface area contributed by atoms with Crippen LogP contribution < -0.4 is 14.9 Å². The summed E-state index contributed by atoms with van der Waals surface area (Å²) in [6, 6.07) is 14.7. The van der Waals surface area contributed by atoms with Crippen LogP contribution in [0, 0.1) is 0 Å². The summed E-state index contributed by atoms with van der Waals surface area (Å²) >= 11 is 12.2. The van der Waals surface area contributed by atoms with Crippen molar-refractivity contribution >= 4 is 50.7 Å². The SMILES string of the molecule is CNC(=O)[C@H](C)NC(=O)c1cc(N(C2CN(C(c3ccc(Cl)cc3)c3ccc(Cl)cc3)C2)S(C)(=O)=O)cc(C(F)(F)F)c1. The summed E-state index contributed by atoms with van der Waals surface area (Å²) in [7, 11) is -2.75. The van der Waals surface area contributed by atoms with Gasteiger partial charge in [-0.3, -0.25) is 18.8 Å². The van der Waals surface area contributed by atoms with Crippen LogP contribution in [0.2, 0.25) is 10.0 Å². The first kappa shape index (κ1) is 32.6. The minimum atomic E-state index is -4.87. The highest BCUT2D eigenvalue weighted by Gasteiger charge is 2.42. The second kappa shape index (κ2) is 12.7. The van der Waals surface area contributed by atoms with Gasteiger partial charge in [0, 0.05) is 35.7 Å². The van der Waals surface area contributed by atoms with E-state index < -0.39 is 51.2 Å². The van der Waals surface area contributed by atoms with E-state index in [1.54, 1.807) is 24.3 Å². The van der Waals surface area contributed by atoms with Gasteiger partial charge < -0.3 is 10.6 Å². The van der Waals surface area contributed by atoms with Crippen LogP contribution in [0.3, 0.4) is 0 Å². The summed E-state index contributed by atoms with van der Waals surface area (Å²) in [6.07, 6.45) is -3.97. The zero-order valence-corrected chi connectivity index (χ0v) is 25.7. The number of benzene rings is 3. The molecule has 1 saturated heterocycles. The molecule has 0 aliphatic carbocycles. The second-order valence-corrected chi connectivity index (χ2v) is 13.0. The fraction of sp³-hybridized carbons (Fsp3) is 0.310. The minimum absolute atomic E-state index is 0.175. The van der Waals surface area contributed by atoms with Gasteiger partial charge in [-0.05, 0) is 60.5 Å². The minimum Gasteiger partial charge on any atom is -0.357 e. The molecule has 0 saturated carbocycles. The number of carbonyl (C=O) groups is 2. The molecule has 0 aromatic heterocycles. The molecular formula is C29H29Cl2F3N4O4S. The Kier molecular flexibility index (Phi) is 9.65. The number of likely N-dealkylation sites (N-methyl/N-ethyl adjacent to an activating group) is 1. The monoisotopic (exact) mass is 656 g/mol. The van der Waals surface area contributed by atoms with Gasteiger partial charge in [-0.2, -0.15) is 13.2 Å². The fourth-order valence-corrected chi connectivity index (χ4v) is 6.43. The van der Waals surface area contributed by atoms with Crippen LogP contribution in [-0.2, 0) is 21.0 Å². The highest BCUT2D eigenvalue weighted by molar-refractivity contribution is 7.92. The van der Waals surface area contributed by atoms with Crippen LogP contribution in [0.25, 0.3) is 0 Å². The van der Waals surface area contributed by atoms with Crippen molar-refractivity contribution in [3.05, 3.63) is 99.0 Å². The van der Waals surface area contributed by atoms with Crippen molar-refractivity contribution in [3.8, 4) is 0 Å². The molecule has 1 atom stereocenters. The lowest BCUT2D eigenvalue weighted by atomic mass is 9.93. The van der Waals surface area contributed by atoms with Gasteiger partial charge in [0.15, 0.2) is 0 Å². The molecule has 0 spiro atoms. The van der Waals surface area contributed by atoms with Gasteiger partial charge in [-0.1, -0.05) is 47.5 Å². The molecule has 230 valence electrons. The molecule has 1 aliphatic heterocycles. The summed E-state index contributed by atoms with van der Waals surface area (Å²) in [5, 5.41) is 5.76. The van der Waals surface area contributed by atoms with Crippen molar-refractivity contribution in [3.63, 3.8) is 0 Å². The van der Waals surface area contributed by atoms with Crippen LogP contribution in [0.4, 0.5) is 18.9 Å². The Labute approximate surface area is 257 Å². The van der Waals surface area contributed by atoms with Crippen molar-refractivity contribution in [1.29, 1.82) is 0 Å². The summed E-state index contributed by atoms with van der Waals surface area (Å²) in [6.45, 7) is 1.72. The molecule has 0 bridgehead atoms. The zero-order chi connectivity index (χ0) is 31.7. The lowest BCUT2D eigenvalue weighted by Crippen LogP contribution is -2.61. The van der Waals surface area contributed by atoms with Crippen molar-refractivity contribution < 1.29 is 31.2 Å². The number of anilines is 1. The number of sulfonamides is 1. The molecule has 4 rings (SSSR count). The number of nitrogens with one attached hydrogen (secondary N) is 2. The Balaban J connectivity index is 1.69. The van der Waals surface area contributed by atoms with Crippen molar-refractivity contribution in [2.75, 3.05) is 30.7 Å². The third kappa shape index (κ3) is 7.61. The Morgan fingerprint density at radius 3 is 1.91 bits per heavy atom. The van der Waals surface area contributed by atoms with Gasteiger partial charge in [-0.25, -0.2) is 8.42 Å². The number of amides is 2. The molecule has 0 unspecified atom stereocenters. The average molecular weight is 658 g/mol. The summed E-state index contributed by atoms with van der Waals surface area (Å²) < 4.78 is 68.8. The van der Waals surface area contributed by atoms with Crippen LogP contribution >= 0.6 is 23.2 Å². The lowest BCUT2D eigenvalue weighted by Gasteiger charge is -2.49. The largest absolute Gasteiger partial charge is 0.416 e. The summed E-state index contributed by atoms with van der Waals surface area (Å²) in [5.74, 6) is -1.51. The number of hydrogen-bond acceptors (Lipinski definition) is 5. The molecular weight excluding hydrogens is 628 g/mol. The number of halogens is 5. The highest BCUT2D eigenvalue weighted by atomic mass is 35.5. The number of likely N-dealkylation sites (tertiary alicyclic amines) is 1. The highest BCUT2D eigenvalue weighted by Crippen LogP contribution is 2.39. The lowest BCUT2D eigenvalue weighted by molar-refractivity contribution is -0.137. The number of alkyl halides is 3. The summed E-state index contributed by atoms with van der Waals surface area (Å²) in [4.78, 5) is 26.7. The van der Waals surface area contributed by atoms with E-state index in [0.717, 1.165) is 27.8 Å². The third-order valence-corrected chi connectivity index (χ3v) is 8.79. The molecule has 1 heterocycles. The van der Waals surface area contributed by atoms with Crippen LogP contribution in [0.1, 0.15) is 40.0 Å².